The zero-order chi connectivity index (χ0) is 15.2. The molecule has 0 saturated heterocycles. The Morgan fingerprint density at radius 3 is 2.57 bits per heavy atom. The van der Waals surface area contributed by atoms with Crippen molar-refractivity contribution in [2.45, 2.75) is 6.61 Å². The van der Waals surface area contributed by atoms with Crippen LogP contribution in [0.4, 0.5) is 5.69 Å². The molecule has 0 N–H and O–H groups in total. The molecule has 110 valence electrons. The minimum atomic E-state index is 0.443. The SMILES string of the molecule is COc1cc(C=O)ccc1OCc1cccc(N(C)C)c1. The highest BCUT2D eigenvalue weighted by atomic mass is 16.5. The molecule has 0 radical (unpaired) electrons. The van der Waals surface area contributed by atoms with Crippen LogP contribution in [0.5, 0.6) is 11.5 Å². The minimum absolute atomic E-state index is 0.443. The smallest absolute Gasteiger partial charge is 0.161 e. The lowest BCUT2D eigenvalue weighted by atomic mass is 10.2. The monoisotopic (exact) mass is 285 g/mol. The second-order valence-corrected chi connectivity index (χ2v) is 4.88. The molecule has 2 aromatic rings. The molecule has 0 fully saturated rings. The standard InChI is InChI=1S/C17H19NO3/c1-18(2)15-6-4-5-14(9-15)12-21-16-8-7-13(11-19)10-17(16)20-3/h4-11H,12H2,1-3H3. The molecule has 2 aromatic carbocycles. The van der Waals surface area contributed by atoms with Crippen molar-refractivity contribution in [2.24, 2.45) is 0 Å². The quantitative estimate of drug-likeness (QED) is 0.764. The van der Waals surface area contributed by atoms with E-state index in [0.29, 0.717) is 23.7 Å². The summed E-state index contributed by atoms with van der Waals surface area (Å²) in [7, 11) is 5.56. The van der Waals surface area contributed by atoms with Crippen LogP contribution in [-0.2, 0) is 6.61 Å². The van der Waals surface area contributed by atoms with E-state index >= 15 is 0 Å². The van der Waals surface area contributed by atoms with Crippen LogP contribution in [0.2, 0.25) is 0 Å². The van der Waals surface area contributed by atoms with Gasteiger partial charge in [0.25, 0.3) is 0 Å². The Labute approximate surface area is 124 Å². The van der Waals surface area contributed by atoms with Crippen LogP contribution in [0.25, 0.3) is 0 Å². The van der Waals surface area contributed by atoms with Crippen molar-refractivity contribution in [3.05, 3.63) is 53.6 Å². The predicted molar refractivity (Wildman–Crippen MR) is 83.5 cm³/mol. The lowest BCUT2D eigenvalue weighted by Gasteiger charge is -2.15. The highest BCUT2D eigenvalue weighted by molar-refractivity contribution is 5.76. The molecule has 0 aliphatic rings. The van der Waals surface area contributed by atoms with Gasteiger partial charge in [-0.2, -0.15) is 0 Å². The van der Waals surface area contributed by atoms with Crippen molar-refractivity contribution in [1.82, 2.24) is 0 Å². The fourth-order valence-electron chi connectivity index (χ4n) is 1.96. The second-order valence-electron chi connectivity index (χ2n) is 4.88. The van der Waals surface area contributed by atoms with Crippen molar-refractivity contribution >= 4 is 12.0 Å². The molecule has 0 heterocycles. The van der Waals surface area contributed by atoms with E-state index in [0.717, 1.165) is 17.5 Å². The Morgan fingerprint density at radius 2 is 1.90 bits per heavy atom. The Bertz CT molecular complexity index is 623. The topological polar surface area (TPSA) is 38.8 Å². The van der Waals surface area contributed by atoms with Gasteiger partial charge in [-0.15, -0.1) is 0 Å². The summed E-state index contributed by atoms with van der Waals surface area (Å²) in [5.74, 6) is 1.18. The van der Waals surface area contributed by atoms with Crippen LogP contribution in [0.15, 0.2) is 42.5 Å². The van der Waals surface area contributed by atoms with E-state index in [1.54, 1.807) is 25.3 Å². The fourth-order valence-corrected chi connectivity index (χ4v) is 1.96. The number of anilines is 1. The number of hydrogen-bond acceptors (Lipinski definition) is 4. The van der Waals surface area contributed by atoms with Crippen molar-refractivity contribution < 1.29 is 14.3 Å². The lowest BCUT2D eigenvalue weighted by molar-refractivity contribution is 0.112. The summed E-state index contributed by atoms with van der Waals surface area (Å²) < 4.78 is 11.0. The summed E-state index contributed by atoms with van der Waals surface area (Å²) in [4.78, 5) is 12.8. The first-order chi connectivity index (χ1) is 10.1. The second kappa shape index (κ2) is 6.79. The van der Waals surface area contributed by atoms with Crippen LogP contribution in [0.1, 0.15) is 15.9 Å². The van der Waals surface area contributed by atoms with Gasteiger partial charge in [0.05, 0.1) is 7.11 Å². The van der Waals surface area contributed by atoms with Crippen LogP contribution < -0.4 is 14.4 Å². The van der Waals surface area contributed by atoms with Crippen LogP contribution in [0, 0.1) is 0 Å². The molecule has 0 aromatic heterocycles. The van der Waals surface area contributed by atoms with Gasteiger partial charge in [0.2, 0.25) is 0 Å². The summed E-state index contributed by atoms with van der Waals surface area (Å²) in [5.41, 5.74) is 2.76. The van der Waals surface area contributed by atoms with E-state index in [-0.39, 0.29) is 0 Å². The summed E-state index contributed by atoms with van der Waals surface area (Å²) in [6, 6.07) is 13.3. The van der Waals surface area contributed by atoms with E-state index in [9.17, 15) is 4.79 Å². The molecule has 21 heavy (non-hydrogen) atoms. The molecular weight excluding hydrogens is 266 g/mol. The average molecular weight is 285 g/mol. The van der Waals surface area contributed by atoms with Crippen molar-refractivity contribution in [1.29, 1.82) is 0 Å². The van der Waals surface area contributed by atoms with Crippen molar-refractivity contribution in [3.8, 4) is 11.5 Å². The van der Waals surface area contributed by atoms with E-state index in [1.807, 2.05) is 37.2 Å². The molecule has 0 amide bonds. The number of nitrogens with zero attached hydrogens (tertiary/aromatic N) is 1. The van der Waals surface area contributed by atoms with Gasteiger partial charge < -0.3 is 14.4 Å². The summed E-state index contributed by atoms with van der Waals surface area (Å²) >= 11 is 0. The molecule has 2 rings (SSSR count). The normalized spacial score (nSPS) is 10.0. The van der Waals surface area contributed by atoms with Gasteiger partial charge in [0.15, 0.2) is 11.5 Å². The van der Waals surface area contributed by atoms with Gasteiger partial charge in [-0.1, -0.05) is 12.1 Å². The number of aldehydes is 1. The largest absolute Gasteiger partial charge is 0.493 e. The highest BCUT2D eigenvalue weighted by Crippen LogP contribution is 2.28. The molecule has 0 spiro atoms. The molecule has 0 aliphatic heterocycles. The van der Waals surface area contributed by atoms with E-state index < -0.39 is 0 Å². The number of carbonyl (C=O) groups excluding carboxylic acids is 1. The van der Waals surface area contributed by atoms with Gasteiger partial charge >= 0.3 is 0 Å². The summed E-state index contributed by atoms with van der Waals surface area (Å²) in [6.45, 7) is 0.443. The molecular formula is C17H19NO3. The zero-order valence-corrected chi connectivity index (χ0v) is 12.5. The molecule has 0 unspecified atom stereocenters. The van der Waals surface area contributed by atoms with Gasteiger partial charge in [-0.05, 0) is 35.9 Å². The number of carbonyl (C=O) groups is 1. The molecule has 0 atom stereocenters. The number of benzene rings is 2. The maximum Gasteiger partial charge on any atom is 0.161 e. The zero-order valence-electron chi connectivity index (χ0n) is 12.5. The third kappa shape index (κ3) is 3.75. The average Bonchev–Trinajstić information content (AvgIpc) is 2.53. The first kappa shape index (κ1) is 14.9. The summed E-state index contributed by atoms with van der Waals surface area (Å²) in [5, 5.41) is 0. The predicted octanol–water partition coefficient (Wildman–Crippen LogP) is 3.15. The van der Waals surface area contributed by atoms with Gasteiger partial charge in [0, 0.05) is 25.3 Å². The first-order valence-corrected chi connectivity index (χ1v) is 6.66. The van der Waals surface area contributed by atoms with Gasteiger partial charge in [-0.3, -0.25) is 4.79 Å². The van der Waals surface area contributed by atoms with Gasteiger partial charge in [-0.25, -0.2) is 0 Å². The van der Waals surface area contributed by atoms with E-state index in [1.165, 1.54) is 0 Å². The van der Waals surface area contributed by atoms with Crippen LogP contribution in [0.3, 0.4) is 0 Å². The summed E-state index contributed by atoms with van der Waals surface area (Å²) in [6.07, 6.45) is 0.785. The molecule has 0 aliphatic carbocycles. The Kier molecular flexibility index (Phi) is 4.82. The highest BCUT2D eigenvalue weighted by Gasteiger charge is 2.06. The maximum absolute atomic E-state index is 10.8. The fraction of sp³-hybridized carbons (Fsp3) is 0.235. The Balaban J connectivity index is 2.12. The van der Waals surface area contributed by atoms with Crippen LogP contribution >= 0.6 is 0 Å². The number of rotatable bonds is 6. The van der Waals surface area contributed by atoms with E-state index in [4.69, 9.17) is 9.47 Å². The number of methoxy groups -OCH3 is 1. The number of hydrogen-bond donors (Lipinski definition) is 0. The molecule has 4 heteroatoms. The van der Waals surface area contributed by atoms with Crippen LogP contribution in [-0.4, -0.2) is 27.5 Å². The van der Waals surface area contributed by atoms with Crippen molar-refractivity contribution in [3.63, 3.8) is 0 Å². The van der Waals surface area contributed by atoms with E-state index in [2.05, 4.69) is 6.07 Å². The Hall–Kier alpha value is -2.49. The number of ether oxygens (including phenoxy) is 2. The third-order valence-electron chi connectivity index (χ3n) is 3.15. The molecule has 0 saturated carbocycles. The molecule has 0 bridgehead atoms. The third-order valence-corrected chi connectivity index (χ3v) is 3.15. The Morgan fingerprint density at radius 1 is 1.10 bits per heavy atom. The van der Waals surface area contributed by atoms with Gasteiger partial charge in [0.1, 0.15) is 12.9 Å². The minimum Gasteiger partial charge on any atom is -0.493 e. The lowest BCUT2D eigenvalue weighted by Crippen LogP contribution is -2.09. The van der Waals surface area contributed by atoms with Crippen molar-refractivity contribution in [2.75, 3.05) is 26.1 Å². The first-order valence-electron chi connectivity index (χ1n) is 6.66. The molecule has 4 nitrogen and oxygen atoms in total. The maximum atomic E-state index is 10.8.